The zero-order valence-corrected chi connectivity index (χ0v) is 7.36. The molecule has 63 valence electrons. The summed E-state index contributed by atoms with van der Waals surface area (Å²) in [4.78, 5) is 4.20. The Morgan fingerprint density at radius 2 is 2.15 bits per heavy atom. The molecule has 0 saturated carbocycles. The first-order valence-electron chi connectivity index (χ1n) is 4.14. The van der Waals surface area contributed by atoms with Crippen molar-refractivity contribution in [2.45, 2.75) is 6.92 Å². The van der Waals surface area contributed by atoms with Crippen molar-refractivity contribution < 1.29 is 5.02 Å². The van der Waals surface area contributed by atoms with Crippen molar-refractivity contribution >= 4 is 23.8 Å². The third kappa shape index (κ3) is 1.31. The first-order chi connectivity index (χ1) is 6.33. The van der Waals surface area contributed by atoms with Gasteiger partial charge in [-0.3, -0.25) is 4.98 Å². The predicted molar refractivity (Wildman–Crippen MR) is 54.1 cm³/mol. The van der Waals surface area contributed by atoms with E-state index >= 15 is 0 Å². The molecular formula is C10H9BNO. The molecule has 0 bridgehead atoms. The second kappa shape index (κ2) is 3.19. The quantitative estimate of drug-likeness (QED) is 0.641. The van der Waals surface area contributed by atoms with E-state index in [0.717, 1.165) is 29.4 Å². The van der Waals surface area contributed by atoms with Gasteiger partial charge in [0.15, 0.2) is 0 Å². The Morgan fingerprint density at radius 3 is 2.92 bits per heavy atom. The summed E-state index contributed by atoms with van der Waals surface area (Å²) in [5, 5.41) is 10.1. The second-order valence-electron chi connectivity index (χ2n) is 3.00. The van der Waals surface area contributed by atoms with Crippen molar-refractivity contribution in [3.8, 4) is 0 Å². The molecule has 0 unspecified atom stereocenters. The summed E-state index contributed by atoms with van der Waals surface area (Å²) < 4.78 is 0. The van der Waals surface area contributed by atoms with Crippen molar-refractivity contribution in [3.05, 3.63) is 36.0 Å². The van der Waals surface area contributed by atoms with E-state index in [9.17, 15) is 0 Å². The summed E-state index contributed by atoms with van der Waals surface area (Å²) in [6.07, 6.45) is 1.75. The average Bonchev–Trinajstić information content (AvgIpc) is 2.18. The monoisotopic (exact) mass is 170 g/mol. The van der Waals surface area contributed by atoms with Crippen molar-refractivity contribution in [2.75, 3.05) is 0 Å². The maximum Gasteiger partial charge on any atom is 0.327 e. The molecule has 0 atom stereocenters. The van der Waals surface area contributed by atoms with Crippen LogP contribution in [0.3, 0.4) is 0 Å². The van der Waals surface area contributed by atoms with E-state index in [2.05, 4.69) is 4.98 Å². The predicted octanol–water partition coefficient (Wildman–Crippen LogP) is 0.780. The summed E-state index contributed by atoms with van der Waals surface area (Å²) in [6.45, 7) is 1.97. The molecule has 0 saturated heterocycles. The first kappa shape index (κ1) is 8.26. The Hall–Kier alpha value is -1.35. The van der Waals surface area contributed by atoms with Gasteiger partial charge in [0, 0.05) is 6.20 Å². The first-order valence-corrected chi connectivity index (χ1v) is 4.14. The second-order valence-corrected chi connectivity index (χ2v) is 3.00. The lowest BCUT2D eigenvalue weighted by Crippen LogP contribution is -2.18. The van der Waals surface area contributed by atoms with Gasteiger partial charge in [0.2, 0.25) is 0 Å². The van der Waals surface area contributed by atoms with Crippen LogP contribution < -0.4 is 5.46 Å². The van der Waals surface area contributed by atoms with Crippen molar-refractivity contribution in [2.24, 2.45) is 0 Å². The summed E-state index contributed by atoms with van der Waals surface area (Å²) in [6, 6.07) is 7.74. The Labute approximate surface area is 77.5 Å². The van der Waals surface area contributed by atoms with Gasteiger partial charge in [-0.05, 0) is 29.9 Å². The molecule has 2 nitrogen and oxygen atoms in total. The van der Waals surface area contributed by atoms with Crippen LogP contribution >= 0.6 is 0 Å². The van der Waals surface area contributed by atoms with Gasteiger partial charge < -0.3 is 5.02 Å². The van der Waals surface area contributed by atoms with Gasteiger partial charge >= 0.3 is 7.48 Å². The lowest BCUT2D eigenvalue weighted by atomic mass is 9.82. The maximum absolute atomic E-state index is 9.06. The Balaban J connectivity index is 2.84. The standard InChI is InChI=1S/C10H9BNO/c1-7-4-5-9-8(10(7)11-13)3-2-6-12-9/h2-6,13H,1H3. The van der Waals surface area contributed by atoms with Gasteiger partial charge in [0.1, 0.15) is 0 Å². The highest BCUT2D eigenvalue weighted by atomic mass is 16.2. The molecule has 0 aliphatic heterocycles. The number of fused-ring (bicyclic) bond motifs is 1. The Kier molecular flexibility index (Phi) is 2.03. The number of aryl methyl sites for hydroxylation is 1. The van der Waals surface area contributed by atoms with E-state index in [4.69, 9.17) is 5.02 Å². The normalized spacial score (nSPS) is 10.3. The highest BCUT2D eigenvalue weighted by Gasteiger charge is 2.04. The van der Waals surface area contributed by atoms with Crippen LogP contribution in [0.25, 0.3) is 10.9 Å². The minimum atomic E-state index is 0.852. The van der Waals surface area contributed by atoms with E-state index in [0.29, 0.717) is 0 Å². The van der Waals surface area contributed by atoms with Gasteiger partial charge in [-0.25, -0.2) is 0 Å². The fourth-order valence-corrected chi connectivity index (χ4v) is 1.46. The minimum absolute atomic E-state index is 0.852. The fourth-order valence-electron chi connectivity index (χ4n) is 1.46. The Morgan fingerprint density at radius 1 is 1.31 bits per heavy atom. The lowest BCUT2D eigenvalue weighted by molar-refractivity contribution is 0.615. The molecular weight excluding hydrogens is 161 g/mol. The molecule has 0 fully saturated rings. The molecule has 0 aliphatic carbocycles. The summed E-state index contributed by atoms with van der Waals surface area (Å²) in [5.74, 6) is 0. The highest BCUT2D eigenvalue weighted by molar-refractivity contribution is 6.50. The molecule has 0 spiro atoms. The number of nitrogens with zero attached hydrogens (tertiary/aromatic N) is 1. The largest absolute Gasteiger partial charge is 0.450 e. The zero-order chi connectivity index (χ0) is 9.26. The van der Waals surface area contributed by atoms with Crippen LogP contribution in [0.2, 0.25) is 0 Å². The summed E-state index contributed by atoms with van der Waals surface area (Å²) in [5.41, 5.74) is 2.82. The summed E-state index contributed by atoms with van der Waals surface area (Å²) >= 11 is 0. The van der Waals surface area contributed by atoms with E-state index < -0.39 is 0 Å². The highest BCUT2D eigenvalue weighted by Crippen LogP contribution is 2.09. The average molecular weight is 170 g/mol. The van der Waals surface area contributed by atoms with Crippen molar-refractivity contribution in [1.29, 1.82) is 0 Å². The molecule has 2 rings (SSSR count). The fraction of sp³-hybridized carbons (Fsp3) is 0.100. The van der Waals surface area contributed by atoms with Crippen LogP contribution in [0.4, 0.5) is 0 Å². The molecule has 1 N–H and O–H groups in total. The van der Waals surface area contributed by atoms with Crippen molar-refractivity contribution in [3.63, 3.8) is 0 Å². The van der Waals surface area contributed by atoms with Crippen molar-refractivity contribution in [1.82, 2.24) is 4.98 Å². The van der Waals surface area contributed by atoms with Gasteiger partial charge in [-0.1, -0.05) is 17.7 Å². The van der Waals surface area contributed by atoms with Crippen LogP contribution in [-0.2, 0) is 0 Å². The van der Waals surface area contributed by atoms with Crippen LogP contribution in [0.15, 0.2) is 30.5 Å². The molecule has 1 aromatic carbocycles. The number of pyridine rings is 1. The number of benzene rings is 1. The Bertz CT molecular complexity index is 442. The molecule has 1 radical (unpaired) electrons. The lowest BCUT2D eigenvalue weighted by Gasteiger charge is -2.04. The van der Waals surface area contributed by atoms with E-state index in [1.165, 1.54) is 0 Å². The van der Waals surface area contributed by atoms with Crippen LogP contribution in [0.1, 0.15) is 5.56 Å². The number of aromatic nitrogens is 1. The molecule has 1 aromatic heterocycles. The molecule has 1 heterocycles. The molecule has 0 amide bonds. The van der Waals surface area contributed by atoms with E-state index in [1.54, 1.807) is 6.20 Å². The number of hydrogen-bond donors (Lipinski definition) is 1. The van der Waals surface area contributed by atoms with Crippen LogP contribution in [0, 0.1) is 6.92 Å². The number of rotatable bonds is 1. The van der Waals surface area contributed by atoms with E-state index in [-0.39, 0.29) is 0 Å². The van der Waals surface area contributed by atoms with Gasteiger partial charge in [0.05, 0.1) is 5.52 Å². The SMILES string of the molecule is Cc1ccc2ncccc2c1[B]O. The van der Waals surface area contributed by atoms with Crippen LogP contribution in [0.5, 0.6) is 0 Å². The smallest absolute Gasteiger partial charge is 0.327 e. The number of hydrogen-bond acceptors (Lipinski definition) is 2. The zero-order valence-electron chi connectivity index (χ0n) is 7.36. The molecule has 3 heteroatoms. The van der Waals surface area contributed by atoms with Gasteiger partial charge in [-0.2, -0.15) is 0 Å². The van der Waals surface area contributed by atoms with Gasteiger partial charge in [0.25, 0.3) is 0 Å². The van der Waals surface area contributed by atoms with E-state index in [1.807, 2.05) is 31.2 Å². The molecule has 2 aromatic rings. The third-order valence-corrected chi connectivity index (χ3v) is 2.17. The molecule has 0 aliphatic rings. The minimum Gasteiger partial charge on any atom is -0.450 e. The molecule has 13 heavy (non-hydrogen) atoms. The maximum atomic E-state index is 9.06. The van der Waals surface area contributed by atoms with Gasteiger partial charge in [-0.15, -0.1) is 0 Å². The topological polar surface area (TPSA) is 33.1 Å². The summed E-state index contributed by atoms with van der Waals surface area (Å²) in [7, 11) is 1.14. The van der Waals surface area contributed by atoms with Crippen LogP contribution in [-0.4, -0.2) is 17.5 Å². The third-order valence-electron chi connectivity index (χ3n) is 2.17.